The molecule has 2 N–H and O–H groups in total. The third-order valence-electron chi connectivity index (χ3n) is 6.64. The van der Waals surface area contributed by atoms with Crippen molar-refractivity contribution in [2.24, 2.45) is 11.8 Å². The fraction of sp³-hybridized carbons (Fsp3) is 0.750. The van der Waals surface area contributed by atoms with Gasteiger partial charge >= 0.3 is 0 Å². The van der Waals surface area contributed by atoms with E-state index in [-0.39, 0.29) is 11.9 Å². The SMILES string of the molecule is CCCCCN(CCC)CC(NC)C(=O)NCC(C)Cc1ccccc1CC[C@H](C)CC. The number of likely N-dealkylation sites (N-methyl/N-ethyl adjacent to an activating group) is 1. The van der Waals surface area contributed by atoms with Gasteiger partial charge in [0.05, 0.1) is 6.04 Å². The molecule has 0 saturated heterocycles. The highest BCUT2D eigenvalue weighted by atomic mass is 16.2. The van der Waals surface area contributed by atoms with Crippen LogP contribution in [0.4, 0.5) is 0 Å². The standard InChI is InChI=1S/C28H51N3O/c1-7-10-13-19-31(18-8-2)22-27(29-6)28(32)30-21-24(5)20-26-15-12-11-14-25(26)17-16-23(4)9-3/h11-12,14-15,23-24,27,29H,7-10,13,16-22H2,1-6H3,(H,30,32)/t23-,24?,27?/m1/s1. The van der Waals surface area contributed by atoms with Crippen LogP contribution in [0, 0.1) is 11.8 Å². The van der Waals surface area contributed by atoms with Crippen molar-refractivity contribution < 1.29 is 4.79 Å². The molecule has 2 unspecified atom stereocenters. The fourth-order valence-electron chi connectivity index (χ4n) is 4.21. The number of amides is 1. The van der Waals surface area contributed by atoms with Gasteiger partial charge in [0.15, 0.2) is 0 Å². The van der Waals surface area contributed by atoms with Gasteiger partial charge in [-0.25, -0.2) is 0 Å². The van der Waals surface area contributed by atoms with Gasteiger partial charge in [0.25, 0.3) is 0 Å². The third-order valence-corrected chi connectivity index (χ3v) is 6.64. The van der Waals surface area contributed by atoms with Gasteiger partial charge < -0.3 is 15.5 Å². The smallest absolute Gasteiger partial charge is 0.238 e. The normalized spacial score (nSPS) is 14.3. The molecule has 0 aromatic heterocycles. The summed E-state index contributed by atoms with van der Waals surface area (Å²) < 4.78 is 0. The summed E-state index contributed by atoms with van der Waals surface area (Å²) in [7, 11) is 1.90. The van der Waals surface area contributed by atoms with Crippen LogP contribution in [0.1, 0.15) is 84.3 Å². The molecule has 0 aliphatic heterocycles. The van der Waals surface area contributed by atoms with Gasteiger partial charge in [0.2, 0.25) is 5.91 Å². The Kier molecular flexibility index (Phi) is 15.3. The molecule has 0 aliphatic carbocycles. The number of rotatable bonds is 18. The number of unbranched alkanes of at least 4 members (excludes halogenated alkanes) is 2. The molecule has 1 amide bonds. The van der Waals surface area contributed by atoms with E-state index in [0.29, 0.717) is 5.92 Å². The second-order valence-electron chi connectivity index (χ2n) is 9.72. The highest BCUT2D eigenvalue weighted by Gasteiger charge is 2.20. The summed E-state index contributed by atoms with van der Waals surface area (Å²) >= 11 is 0. The van der Waals surface area contributed by atoms with E-state index < -0.39 is 0 Å². The molecule has 1 rings (SSSR count). The van der Waals surface area contributed by atoms with E-state index in [2.05, 4.69) is 74.4 Å². The van der Waals surface area contributed by atoms with Crippen LogP contribution in [0.5, 0.6) is 0 Å². The van der Waals surface area contributed by atoms with Crippen molar-refractivity contribution in [2.45, 2.75) is 92.0 Å². The first-order valence-corrected chi connectivity index (χ1v) is 13.2. The zero-order chi connectivity index (χ0) is 23.8. The Hall–Kier alpha value is -1.39. The quantitative estimate of drug-likeness (QED) is 0.295. The summed E-state index contributed by atoms with van der Waals surface area (Å²) in [5.74, 6) is 1.31. The minimum absolute atomic E-state index is 0.126. The van der Waals surface area contributed by atoms with Crippen LogP contribution in [-0.4, -0.2) is 50.1 Å². The van der Waals surface area contributed by atoms with E-state index in [9.17, 15) is 4.79 Å². The van der Waals surface area contributed by atoms with Crippen molar-refractivity contribution >= 4 is 5.91 Å². The van der Waals surface area contributed by atoms with E-state index in [1.54, 1.807) is 0 Å². The summed E-state index contributed by atoms with van der Waals surface area (Å²) in [6, 6.07) is 8.69. The van der Waals surface area contributed by atoms with Gasteiger partial charge in [-0.3, -0.25) is 4.79 Å². The number of hydrogen-bond donors (Lipinski definition) is 2. The van der Waals surface area contributed by atoms with Crippen LogP contribution < -0.4 is 10.6 Å². The third kappa shape index (κ3) is 11.5. The maximum atomic E-state index is 12.9. The average Bonchev–Trinajstić information content (AvgIpc) is 2.80. The van der Waals surface area contributed by atoms with Gasteiger partial charge in [-0.2, -0.15) is 0 Å². The van der Waals surface area contributed by atoms with E-state index in [4.69, 9.17) is 0 Å². The van der Waals surface area contributed by atoms with Crippen molar-refractivity contribution in [1.29, 1.82) is 0 Å². The number of hydrogen-bond acceptors (Lipinski definition) is 3. The largest absolute Gasteiger partial charge is 0.354 e. The number of nitrogens with zero attached hydrogens (tertiary/aromatic N) is 1. The summed E-state index contributed by atoms with van der Waals surface area (Å²) in [4.78, 5) is 15.3. The maximum absolute atomic E-state index is 12.9. The Morgan fingerprint density at radius 2 is 1.69 bits per heavy atom. The first-order chi connectivity index (χ1) is 15.4. The van der Waals surface area contributed by atoms with Gasteiger partial charge in [0.1, 0.15) is 0 Å². The van der Waals surface area contributed by atoms with Crippen LogP contribution in [0.15, 0.2) is 24.3 Å². The molecule has 32 heavy (non-hydrogen) atoms. The fourth-order valence-corrected chi connectivity index (χ4v) is 4.21. The lowest BCUT2D eigenvalue weighted by molar-refractivity contribution is -0.123. The summed E-state index contributed by atoms with van der Waals surface area (Å²) in [6.45, 7) is 14.9. The molecule has 0 radical (unpaired) electrons. The van der Waals surface area contributed by atoms with Gasteiger partial charge in [-0.15, -0.1) is 0 Å². The molecule has 184 valence electrons. The van der Waals surface area contributed by atoms with E-state index in [1.807, 2.05) is 7.05 Å². The van der Waals surface area contributed by atoms with Crippen molar-refractivity contribution in [3.8, 4) is 0 Å². The van der Waals surface area contributed by atoms with E-state index in [1.165, 1.54) is 43.2 Å². The number of carbonyl (C=O) groups is 1. The molecular weight excluding hydrogens is 394 g/mol. The Morgan fingerprint density at radius 3 is 2.31 bits per heavy atom. The maximum Gasteiger partial charge on any atom is 0.238 e. The number of aryl methyl sites for hydroxylation is 1. The highest BCUT2D eigenvalue weighted by molar-refractivity contribution is 5.81. The van der Waals surface area contributed by atoms with E-state index >= 15 is 0 Å². The predicted molar refractivity (Wildman–Crippen MR) is 139 cm³/mol. The first-order valence-electron chi connectivity index (χ1n) is 13.2. The zero-order valence-corrected chi connectivity index (χ0v) is 21.9. The predicted octanol–water partition coefficient (Wildman–Crippen LogP) is 5.45. The molecule has 3 atom stereocenters. The summed E-state index contributed by atoms with van der Waals surface area (Å²) in [5.41, 5.74) is 2.91. The molecule has 1 aromatic carbocycles. The molecule has 4 nitrogen and oxygen atoms in total. The minimum atomic E-state index is -0.154. The van der Waals surface area contributed by atoms with Crippen molar-refractivity contribution in [3.63, 3.8) is 0 Å². The van der Waals surface area contributed by atoms with Crippen LogP contribution in [0.3, 0.4) is 0 Å². The average molecular weight is 446 g/mol. The second-order valence-corrected chi connectivity index (χ2v) is 9.72. The molecule has 0 aliphatic rings. The molecule has 0 heterocycles. The molecule has 1 aromatic rings. The highest BCUT2D eigenvalue weighted by Crippen LogP contribution is 2.18. The topological polar surface area (TPSA) is 44.4 Å². The first kappa shape index (κ1) is 28.6. The van der Waals surface area contributed by atoms with Crippen molar-refractivity contribution in [3.05, 3.63) is 35.4 Å². The minimum Gasteiger partial charge on any atom is -0.354 e. The molecule has 0 saturated carbocycles. The molecule has 0 fully saturated rings. The van der Waals surface area contributed by atoms with Crippen LogP contribution >= 0.6 is 0 Å². The lowest BCUT2D eigenvalue weighted by atomic mass is 9.92. The van der Waals surface area contributed by atoms with Gasteiger partial charge in [-0.1, -0.05) is 78.1 Å². The number of benzene rings is 1. The Bertz CT molecular complexity index is 618. The van der Waals surface area contributed by atoms with Crippen LogP contribution in [-0.2, 0) is 17.6 Å². The van der Waals surface area contributed by atoms with Gasteiger partial charge in [-0.05, 0) is 75.2 Å². The Labute approximate surface area is 198 Å². The van der Waals surface area contributed by atoms with Crippen molar-refractivity contribution in [1.82, 2.24) is 15.5 Å². The Balaban J connectivity index is 2.56. The lowest BCUT2D eigenvalue weighted by Gasteiger charge is -2.27. The molecule has 4 heteroatoms. The number of carbonyl (C=O) groups excluding carboxylic acids is 1. The molecule has 0 spiro atoms. The zero-order valence-electron chi connectivity index (χ0n) is 21.9. The summed E-state index contributed by atoms with van der Waals surface area (Å²) in [5, 5.41) is 6.46. The van der Waals surface area contributed by atoms with E-state index in [0.717, 1.165) is 51.4 Å². The Morgan fingerprint density at radius 1 is 0.969 bits per heavy atom. The van der Waals surface area contributed by atoms with Crippen molar-refractivity contribution in [2.75, 3.05) is 33.2 Å². The number of nitrogens with one attached hydrogen (secondary N) is 2. The van der Waals surface area contributed by atoms with Crippen LogP contribution in [0.2, 0.25) is 0 Å². The second kappa shape index (κ2) is 17.1. The molecule has 0 bridgehead atoms. The monoisotopic (exact) mass is 445 g/mol. The lowest BCUT2D eigenvalue weighted by Crippen LogP contribution is -2.50. The van der Waals surface area contributed by atoms with Crippen LogP contribution in [0.25, 0.3) is 0 Å². The van der Waals surface area contributed by atoms with Gasteiger partial charge in [0, 0.05) is 13.1 Å². The summed E-state index contributed by atoms with van der Waals surface area (Å²) in [6.07, 6.45) is 9.47. The molecular formula is C28H51N3O.